The molecular weight excluding hydrogens is 476 g/mol. The molecule has 36 heavy (non-hydrogen) atoms. The Kier molecular flexibility index (Phi) is 7.90. The van der Waals surface area contributed by atoms with E-state index >= 15 is 0 Å². The van der Waals surface area contributed by atoms with Gasteiger partial charge in [0.15, 0.2) is 0 Å². The van der Waals surface area contributed by atoms with E-state index in [0.717, 1.165) is 11.3 Å². The van der Waals surface area contributed by atoms with Crippen LogP contribution in [-0.2, 0) is 18.7 Å². The minimum atomic E-state index is -0.270. The van der Waals surface area contributed by atoms with Gasteiger partial charge < -0.3 is 14.1 Å². The lowest BCUT2D eigenvalue weighted by atomic mass is 10.1. The first-order chi connectivity index (χ1) is 17.1. The van der Waals surface area contributed by atoms with E-state index in [1.165, 1.54) is 17.2 Å². The van der Waals surface area contributed by atoms with E-state index in [0.29, 0.717) is 50.8 Å². The highest BCUT2D eigenvalue weighted by Gasteiger charge is 2.28. The first-order valence-corrected chi connectivity index (χ1v) is 13.3. The molecule has 192 valence electrons. The summed E-state index contributed by atoms with van der Waals surface area (Å²) < 4.78 is 13.2. The highest BCUT2D eigenvalue weighted by Crippen LogP contribution is 2.20. The maximum absolute atomic E-state index is 13.2. The zero-order chi connectivity index (χ0) is 25.9. The van der Waals surface area contributed by atoms with Crippen LogP contribution in [0.2, 0.25) is 0 Å². The Morgan fingerprint density at radius 1 is 1.11 bits per heavy atom. The van der Waals surface area contributed by atoms with Crippen molar-refractivity contribution in [2.24, 2.45) is 0 Å². The molecule has 8 nitrogen and oxygen atoms in total. The molecule has 0 saturated carbocycles. The van der Waals surface area contributed by atoms with Crippen LogP contribution < -0.4 is 10.2 Å². The van der Waals surface area contributed by atoms with E-state index in [2.05, 4.69) is 10.00 Å². The summed E-state index contributed by atoms with van der Waals surface area (Å²) in [5, 5.41) is 4.53. The van der Waals surface area contributed by atoms with E-state index in [-0.39, 0.29) is 22.6 Å². The Hall–Kier alpha value is -3.04. The van der Waals surface area contributed by atoms with E-state index < -0.39 is 0 Å². The smallest absolute Gasteiger partial charge is 0.272 e. The van der Waals surface area contributed by atoms with Crippen LogP contribution in [0.25, 0.3) is 0 Å². The average molecular weight is 511 g/mol. The maximum atomic E-state index is 13.2. The van der Waals surface area contributed by atoms with Gasteiger partial charge in [0.05, 0.1) is 17.8 Å². The van der Waals surface area contributed by atoms with Crippen LogP contribution in [0.4, 0.5) is 0 Å². The fourth-order valence-corrected chi connectivity index (χ4v) is 4.57. The van der Waals surface area contributed by atoms with Crippen molar-refractivity contribution in [2.75, 3.05) is 32.4 Å². The van der Waals surface area contributed by atoms with Crippen molar-refractivity contribution >= 4 is 17.7 Å². The Bertz CT molecular complexity index is 1250. The van der Waals surface area contributed by atoms with Crippen molar-refractivity contribution in [3.8, 4) is 5.75 Å². The molecule has 0 N–H and O–H groups in total. The number of benzene rings is 1. The molecule has 1 aliphatic rings. The standard InChI is InChI=1S/C27H34N4O4S/c1-19-14-23(31(28-19)27(2,3)4)26(33)30-12-10-29(11-13-30)16-21-15-24(32)25(18-34-21)35-17-20-6-8-22(36-5)9-7-20/h6-9,14-15,18H,10-13,16-17H2,1-5H3. The summed E-state index contributed by atoms with van der Waals surface area (Å²) in [6.07, 6.45) is 3.42. The summed E-state index contributed by atoms with van der Waals surface area (Å²) >= 11 is 1.68. The topological polar surface area (TPSA) is 80.8 Å². The zero-order valence-corrected chi connectivity index (χ0v) is 22.4. The molecule has 1 aromatic carbocycles. The monoisotopic (exact) mass is 510 g/mol. The molecule has 3 aromatic rings. The molecule has 0 spiro atoms. The lowest BCUT2D eigenvalue weighted by molar-refractivity contribution is 0.0600. The summed E-state index contributed by atoms with van der Waals surface area (Å²) in [7, 11) is 0. The van der Waals surface area contributed by atoms with Gasteiger partial charge in [0.1, 0.15) is 24.3 Å². The average Bonchev–Trinajstić information content (AvgIpc) is 3.26. The number of aryl methyl sites for hydroxylation is 1. The van der Waals surface area contributed by atoms with Crippen molar-refractivity contribution in [3.05, 3.63) is 75.6 Å². The molecule has 3 heterocycles. The minimum Gasteiger partial charge on any atom is -0.482 e. The molecule has 0 radical (unpaired) electrons. The second kappa shape index (κ2) is 10.9. The van der Waals surface area contributed by atoms with Gasteiger partial charge in [-0.05, 0) is 57.7 Å². The van der Waals surface area contributed by atoms with Crippen LogP contribution >= 0.6 is 11.8 Å². The Morgan fingerprint density at radius 3 is 2.42 bits per heavy atom. The fourth-order valence-electron chi connectivity index (χ4n) is 4.16. The first-order valence-electron chi connectivity index (χ1n) is 12.1. The molecule has 1 amide bonds. The van der Waals surface area contributed by atoms with Crippen LogP contribution in [-0.4, -0.2) is 57.9 Å². The van der Waals surface area contributed by atoms with Crippen LogP contribution in [0.1, 0.15) is 48.3 Å². The van der Waals surface area contributed by atoms with Gasteiger partial charge in [-0.15, -0.1) is 11.8 Å². The molecule has 0 bridgehead atoms. The van der Waals surface area contributed by atoms with E-state index in [9.17, 15) is 9.59 Å². The van der Waals surface area contributed by atoms with Gasteiger partial charge in [-0.2, -0.15) is 5.10 Å². The summed E-state index contributed by atoms with van der Waals surface area (Å²) in [5.41, 5.74) is 1.98. The predicted molar refractivity (Wildman–Crippen MR) is 141 cm³/mol. The summed E-state index contributed by atoms with van der Waals surface area (Å²) in [6, 6.07) is 11.4. The van der Waals surface area contributed by atoms with Crippen molar-refractivity contribution < 1.29 is 13.9 Å². The van der Waals surface area contributed by atoms with E-state index in [4.69, 9.17) is 9.15 Å². The summed E-state index contributed by atoms with van der Waals surface area (Å²) in [6.45, 7) is 11.5. The van der Waals surface area contributed by atoms with Gasteiger partial charge in [0.2, 0.25) is 11.2 Å². The van der Waals surface area contributed by atoms with Crippen molar-refractivity contribution in [3.63, 3.8) is 0 Å². The molecule has 0 unspecified atom stereocenters. The molecule has 9 heteroatoms. The third kappa shape index (κ3) is 6.20. The maximum Gasteiger partial charge on any atom is 0.272 e. The number of hydrogen-bond donors (Lipinski definition) is 0. The van der Waals surface area contributed by atoms with Gasteiger partial charge >= 0.3 is 0 Å². The number of nitrogens with zero attached hydrogens (tertiary/aromatic N) is 4. The molecule has 0 atom stereocenters. The number of carbonyl (C=O) groups is 1. The third-order valence-corrected chi connectivity index (χ3v) is 6.87. The van der Waals surface area contributed by atoms with Crippen molar-refractivity contribution in [1.82, 2.24) is 19.6 Å². The van der Waals surface area contributed by atoms with Crippen LogP contribution in [0, 0.1) is 6.92 Å². The van der Waals surface area contributed by atoms with Crippen LogP contribution in [0.15, 0.2) is 56.8 Å². The van der Waals surface area contributed by atoms with Gasteiger partial charge in [0.25, 0.3) is 5.91 Å². The minimum absolute atomic E-state index is 0.00120. The SMILES string of the molecule is CSc1ccc(COc2coc(CN3CCN(C(=O)c4cc(C)nn4C(C)(C)C)CC3)cc2=O)cc1. The van der Waals surface area contributed by atoms with Gasteiger partial charge in [-0.25, -0.2) is 0 Å². The Morgan fingerprint density at radius 2 is 1.81 bits per heavy atom. The van der Waals surface area contributed by atoms with E-state index in [1.54, 1.807) is 11.8 Å². The molecule has 4 rings (SSSR count). The second-order valence-electron chi connectivity index (χ2n) is 10.0. The summed E-state index contributed by atoms with van der Waals surface area (Å²) in [4.78, 5) is 31.0. The fraction of sp³-hybridized carbons (Fsp3) is 0.444. The molecule has 1 aliphatic heterocycles. The highest BCUT2D eigenvalue weighted by atomic mass is 32.2. The number of rotatable bonds is 7. The predicted octanol–water partition coefficient (Wildman–Crippen LogP) is 4.16. The molecule has 1 fully saturated rings. The molecule has 0 aliphatic carbocycles. The largest absolute Gasteiger partial charge is 0.482 e. The van der Waals surface area contributed by atoms with Gasteiger partial charge in [-0.1, -0.05) is 12.1 Å². The number of hydrogen-bond acceptors (Lipinski definition) is 7. The molecule has 1 saturated heterocycles. The number of aromatic nitrogens is 2. The number of thioether (sulfide) groups is 1. The Balaban J connectivity index is 1.31. The molecule has 2 aromatic heterocycles. The van der Waals surface area contributed by atoms with Crippen molar-refractivity contribution in [2.45, 2.75) is 51.3 Å². The van der Waals surface area contributed by atoms with Crippen LogP contribution in [0.5, 0.6) is 5.75 Å². The Labute approximate surface area is 216 Å². The quantitative estimate of drug-likeness (QED) is 0.442. The number of amides is 1. The first kappa shape index (κ1) is 26.0. The van der Waals surface area contributed by atoms with Gasteiger partial charge in [-0.3, -0.25) is 19.2 Å². The summed E-state index contributed by atoms with van der Waals surface area (Å²) in [5.74, 6) is 0.785. The number of ether oxygens (including phenoxy) is 1. The van der Waals surface area contributed by atoms with Gasteiger partial charge in [0, 0.05) is 37.1 Å². The normalized spacial score (nSPS) is 14.8. The third-order valence-electron chi connectivity index (χ3n) is 6.13. The lowest BCUT2D eigenvalue weighted by Crippen LogP contribution is -2.49. The van der Waals surface area contributed by atoms with Crippen LogP contribution in [0.3, 0.4) is 0 Å². The van der Waals surface area contributed by atoms with E-state index in [1.807, 2.05) is 73.9 Å². The second-order valence-corrected chi connectivity index (χ2v) is 10.9. The molecular formula is C27H34N4O4S. The van der Waals surface area contributed by atoms with Crippen molar-refractivity contribution in [1.29, 1.82) is 0 Å². The number of piperazine rings is 1. The number of carbonyl (C=O) groups excluding carboxylic acids is 1. The lowest BCUT2D eigenvalue weighted by Gasteiger charge is -2.35. The zero-order valence-electron chi connectivity index (χ0n) is 21.6. The highest BCUT2D eigenvalue weighted by molar-refractivity contribution is 7.98.